The van der Waals surface area contributed by atoms with E-state index in [9.17, 15) is 8.42 Å². The number of ether oxygens (including phenoxy) is 2. The lowest BCUT2D eigenvalue weighted by molar-refractivity contribution is 0.171. The van der Waals surface area contributed by atoms with Gasteiger partial charge in [0.1, 0.15) is 13.2 Å². The van der Waals surface area contributed by atoms with E-state index in [1.807, 2.05) is 36.4 Å². The van der Waals surface area contributed by atoms with Crippen LogP contribution >= 0.6 is 0 Å². The second-order valence-electron chi connectivity index (χ2n) is 5.46. The average molecular weight is 333 g/mol. The van der Waals surface area contributed by atoms with Crippen molar-refractivity contribution in [2.24, 2.45) is 0 Å². The maximum atomic E-state index is 11.9. The van der Waals surface area contributed by atoms with E-state index in [1.54, 1.807) is 6.92 Å². The Balaban J connectivity index is 1.86. The second-order valence-corrected chi connectivity index (χ2v) is 6.77. The van der Waals surface area contributed by atoms with E-state index in [4.69, 9.17) is 13.7 Å². The van der Waals surface area contributed by atoms with Gasteiger partial charge >= 0.3 is 10.3 Å². The molecule has 1 atom stereocenters. The zero-order valence-electron chi connectivity index (χ0n) is 12.4. The highest BCUT2D eigenvalue weighted by molar-refractivity contribution is 7.85. The SMILES string of the molecule is CC1NS(=O)(=O)Oc2c(-c3ccc4c(c3)OCCO4)cccc21. The summed E-state index contributed by atoms with van der Waals surface area (Å²) in [5.41, 5.74) is 2.32. The van der Waals surface area contributed by atoms with E-state index in [0.717, 1.165) is 11.1 Å². The summed E-state index contributed by atoms with van der Waals surface area (Å²) in [7, 11) is -3.80. The Morgan fingerprint density at radius 1 is 1.09 bits per heavy atom. The number of benzene rings is 2. The van der Waals surface area contributed by atoms with Gasteiger partial charge in [0.2, 0.25) is 0 Å². The molecule has 1 N–H and O–H groups in total. The third-order valence-electron chi connectivity index (χ3n) is 3.88. The van der Waals surface area contributed by atoms with E-state index in [1.165, 1.54) is 0 Å². The van der Waals surface area contributed by atoms with Crippen molar-refractivity contribution in [3.63, 3.8) is 0 Å². The van der Waals surface area contributed by atoms with Crippen LogP contribution in [0.1, 0.15) is 18.5 Å². The molecule has 7 heteroatoms. The number of hydrogen-bond acceptors (Lipinski definition) is 5. The predicted octanol–water partition coefficient (Wildman–Crippen LogP) is 2.41. The maximum absolute atomic E-state index is 11.9. The zero-order chi connectivity index (χ0) is 16.0. The van der Waals surface area contributed by atoms with Crippen molar-refractivity contribution in [2.75, 3.05) is 13.2 Å². The Hall–Kier alpha value is -2.25. The molecule has 2 aliphatic heterocycles. The summed E-state index contributed by atoms with van der Waals surface area (Å²) in [6.45, 7) is 2.80. The fourth-order valence-electron chi connectivity index (χ4n) is 2.84. The number of rotatable bonds is 1. The molecule has 0 radical (unpaired) electrons. The van der Waals surface area contributed by atoms with Gasteiger partial charge in [0.05, 0.1) is 6.04 Å². The Morgan fingerprint density at radius 2 is 1.87 bits per heavy atom. The van der Waals surface area contributed by atoms with Gasteiger partial charge in [-0.1, -0.05) is 24.3 Å². The molecule has 0 aliphatic carbocycles. The lowest BCUT2D eigenvalue weighted by Gasteiger charge is -2.26. The first-order valence-electron chi connectivity index (χ1n) is 7.28. The Bertz CT molecular complexity index is 878. The molecule has 0 amide bonds. The second kappa shape index (κ2) is 5.14. The van der Waals surface area contributed by atoms with Crippen LogP contribution in [-0.2, 0) is 10.3 Å². The third-order valence-corrected chi connectivity index (χ3v) is 4.91. The molecule has 2 aliphatic rings. The van der Waals surface area contributed by atoms with Crippen LogP contribution in [0.5, 0.6) is 17.2 Å². The van der Waals surface area contributed by atoms with Gasteiger partial charge in [-0.15, -0.1) is 0 Å². The molecule has 1 unspecified atom stereocenters. The van der Waals surface area contributed by atoms with Gasteiger partial charge in [-0.3, -0.25) is 0 Å². The van der Waals surface area contributed by atoms with Crippen LogP contribution in [0.15, 0.2) is 36.4 Å². The summed E-state index contributed by atoms with van der Waals surface area (Å²) in [5, 5.41) is 0. The lowest BCUT2D eigenvalue weighted by Crippen LogP contribution is -2.35. The molecular weight excluding hydrogens is 318 g/mol. The van der Waals surface area contributed by atoms with Crippen LogP contribution in [-0.4, -0.2) is 21.6 Å². The van der Waals surface area contributed by atoms with Gasteiger partial charge in [0.15, 0.2) is 17.2 Å². The number of fused-ring (bicyclic) bond motifs is 2. The number of para-hydroxylation sites is 1. The molecule has 2 aromatic rings. The average Bonchev–Trinajstić information content (AvgIpc) is 2.53. The molecule has 6 nitrogen and oxygen atoms in total. The summed E-state index contributed by atoms with van der Waals surface area (Å²) >= 11 is 0. The molecule has 0 spiro atoms. The molecule has 0 fully saturated rings. The third kappa shape index (κ3) is 2.51. The highest BCUT2D eigenvalue weighted by Crippen LogP contribution is 2.42. The summed E-state index contributed by atoms with van der Waals surface area (Å²) in [6.07, 6.45) is 0. The van der Waals surface area contributed by atoms with Crippen molar-refractivity contribution >= 4 is 10.3 Å². The Morgan fingerprint density at radius 3 is 2.70 bits per heavy atom. The predicted molar refractivity (Wildman–Crippen MR) is 84.0 cm³/mol. The van der Waals surface area contributed by atoms with Crippen molar-refractivity contribution in [2.45, 2.75) is 13.0 Å². The van der Waals surface area contributed by atoms with Crippen molar-refractivity contribution < 1.29 is 22.1 Å². The first kappa shape index (κ1) is 14.3. The Kier molecular flexibility index (Phi) is 3.21. The van der Waals surface area contributed by atoms with Crippen LogP contribution in [0.2, 0.25) is 0 Å². The molecule has 23 heavy (non-hydrogen) atoms. The fourth-order valence-corrected chi connectivity index (χ4v) is 3.85. The van der Waals surface area contributed by atoms with Gasteiger partial charge in [-0.25, -0.2) is 0 Å². The largest absolute Gasteiger partial charge is 0.486 e. The summed E-state index contributed by atoms with van der Waals surface area (Å²) in [5.74, 6) is 1.69. The van der Waals surface area contributed by atoms with E-state index < -0.39 is 10.3 Å². The first-order valence-corrected chi connectivity index (χ1v) is 8.69. The highest BCUT2D eigenvalue weighted by atomic mass is 32.2. The molecule has 0 saturated heterocycles. The van der Waals surface area contributed by atoms with Gasteiger partial charge < -0.3 is 13.7 Å². The van der Waals surface area contributed by atoms with Crippen molar-refractivity contribution in [3.05, 3.63) is 42.0 Å². The molecule has 2 aromatic carbocycles. The molecule has 4 rings (SSSR count). The first-order chi connectivity index (χ1) is 11.0. The van der Waals surface area contributed by atoms with Gasteiger partial charge in [-0.2, -0.15) is 13.1 Å². The minimum atomic E-state index is -3.80. The fraction of sp³-hybridized carbons (Fsp3) is 0.250. The minimum absolute atomic E-state index is 0.346. The molecular formula is C16H15NO5S. The molecule has 0 aromatic heterocycles. The summed E-state index contributed by atoms with van der Waals surface area (Å²) < 4.78 is 42.5. The van der Waals surface area contributed by atoms with Crippen molar-refractivity contribution in [1.82, 2.24) is 4.72 Å². The Labute approximate surface area is 134 Å². The maximum Gasteiger partial charge on any atom is 0.383 e. The number of hydrogen-bond donors (Lipinski definition) is 1. The van der Waals surface area contributed by atoms with Gasteiger partial charge in [0.25, 0.3) is 0 Å². The summed E-state index contributed by atoms with van der Waals surface area (Å²) in [6, 6.07) is 10.7. The van der Waals surface area contributed by atoms with Crippen LogP contribution < -0.4 is 18.4 Å². The van der Waals surface area contributed by atoms with Crippen LogP contribution in [0.25, 0.3) is 11.1 Å². The van der Waals surface area contributed by atoms with Gasteiger partial charge in [-0.05, 0) is 24.6 Å². The smallest absolute Gasteiger partial charge is 0.383 e. The molecule has 120 valence electrons. The van der Waals surface area contributed by atoms with E-state index in [2.05, 4.69) is 4.72 Å². The topological polar surface area (TPSA) is 73.9 Å². The van der Waals surface area contributed by atoms with E-state index >= 15 is 0 Å². The zero-order valence-corrected chi connectivity index (χ0v) is 13.2. The molecule has 2 heterocycles. The standard InChI is InChI=1S/C16H15NO5S/c1-10-12-3-2-4-13(16(12)22-23(18,19)17-10)11-5-6-14-15(9-11)21-8-7-20-14/h2-6,9-10,17H,7-8H2,1H3. The monoisotopic (exact) mass is 333 g/mol. The van der Waals surface area contributed by atoms with Crippen LogP contribution in [0.3, 0.4) is 0 Å². The van der Waals surface area contributed by atoms with Crippen LogP contribution in [0.4, 0.5) is 0 Å². The molecule has 0 bridgehead atoms. The van der Waals surface area contributed by atoms with Crippen molar-refractivity contribution in [3.8, 4) is 28.4 Å². The molecule has 0 saturated carbocycles. The van der Waals surface area contributed by atoms with Crippen LogP contribution in [0, 0.1) is 0 Å². The van der Waals surface area contributed by atoms with Crippen molar-refractivity contribution in [1.29, 1.82) is 0 Å². The quantitative estimate of drug-likeness (QED) is 0.867. The van der Waals surface area contributed by atoms with Gasteiger partial charge in [0, 0.05) is 11.1 Å². The highest BCUT2D eigenvalue weighted by Gasteiger charge is 2.30. The number of nitrogens with one attached hydrogen (secondary N) is 1. The normalized spacial score (nSPS) is 21.2. The van der Waals surface area contributed by atoms with E-state index in [0.29, 0.717) is 36.0 Å². The summed E-state index contributed by atoms with van der Waals surface area (Å²) in [4.78, 5) is 0. The minimum Gasteiger partial charge on any atom is -0.486 e. The van der Waals surface area contributed by atoms with E-state index in [-0.39, 0.29) is 6.04 Å². The lowest BCUT2D eigenvalue weighted by atomic mass is 9.98.